The van der Waals surface area contributed by atoms with Crippen molar-refractivity contribution in [1.82, 2.24) is 0 Å². The number of hydrogen-bond acceptors (Lipinski definition) is 0. The van der Waals surface area contributed by atoms with E-state index < -0.39 is 0 Å². The van der Waals surface area contributed by atoms with E-state index in [2.05, 4.69) is 35.0 Å². The molecular weight excluding hydrogens is 194 g/mol. The van der Waals surface area contributed by atoms with Gasteiger partial charge in [0.25, 0.3) is 0 Å². The van der Waals surface area contributed by atoms with Crippen LogP contribution in [-0.2, 0) is 0 Å². The molecule has 0 aliphatic heterocycles. The normalized spacial score (nSPS) is 55.7. The highest BCUT2D eigenvalue weighted by molar-refractivity contribution is 5.11. The number of nitrogens with zero attached hydrogens (tertiary/aromatic N) is 1. The summed E-state index contributed by atoms with van der Waals surface area (Å²) in [6.07, 6.45) is 9.00. The maximum atomic E-state index is 2.57. The molecule has 0 amide bonds. The van der Waals surface area contributed by atoms with Crippen LogP contribution in [0, 0.1) is 16.7 Å². The van der Waals surface area contributed by atoms with Gasteiger partial charge in [-0.05, 0) is 36.0 Å². The molecule has 0 heterocycles. The lowest BCUT2D eigenvalue weighted by molar-refractivity contribution is -0.931. The van der Waals surface area contributed by atoms with Crippen molar-refractivity contribution in [3.05, 3.63) is 0 Å². The third-order valence-corrected chi connectivity index (χ3v) is 6.02. The van der Waals surface area contributed by atoms with Crippen LogP contribution in [0.1, 0.15) is 52.4 Å². The molecular formula is C15H28N+. The fourth-order valence-electron chi connectivity index (χ4n) is 6.14. The molecule has 1 nitrogen and oxygen atoms in total. The van der Waals surface area contributed by atoms with Gasteiger partial charge < -0.3 is 4.48 Å². The third kappa shape index (κ3) is 1.33. The summed E-state index contributed by atoms with van der Waals surface area (Å²) in [6, 6.07) is 0. The van der Waals surface area contributed by atoms with E-state index in [1.54, 1.807) is 0 Å². The third-order valence-electron chi connectivity index (χ3n) is 6.02. The molecule has 4 aliphatic rings. The van der Waals surface area contributed by atoms with Gasteiger partial charge in [0, 0.05) is 19.3 Å². The smallest absolute Gasteiger partial charge is 0.0999 e. The average Bonchev–Trinajstić information content (AvgIpc) is 1.92. The van der Waals surface area contributed by atoms with Crippen molar-refractivity contribution in [3.63, 3.8) is 0 Å². The monoisotopic (exact) mass is 222 g/mol. The summed E-state index contributed by atoms with van der Waals surface area (Å²) in [6.45, 7) is 5.14. The molecule has 0 aromatic rings. The predicted molar refractivity (Wildman–Crippen MR) is 68.2 cm³/mol. The van der Waals surface area contributed by atoms with Crippen LogP contribution in [0.2, 0.25) is 0 Å². The molecule has 0 radical (unpaired) electrons. The molecule has 0 N–H and O–H groups in total. The van der Waals surface area contributed by atoms with Crippen molar-refractivity contribution in [2.45, 2.75) is 57.9 Å². The first-order valence-electron chi connectivity index (χ1n) is 6.97. The lowest BCUT2D eigenvalue weighted by Gasteiger charge is -2.67. The van der Waals surface area contributed by atoms with E-state index in [4.69, 9.17) is 0 Å². The van der Waals surface area contributed by atoms with E-state index in [9.17, 15) is 0 Å². The minimum absolute atomic E-state index is 0.600. The Hall–Kier alpha value is -0.0400. The standard InChI is InChI=1S/C15H28N/c1-13-6-12-7-14(2,9-13)11-15(8-12,10-13)16(3,4)5/h12H,6-11H2,1-5H3/q+1. The second-order valence-electron chi connectivity index (χ2n) is 8.87. The highest BCUT2D eigenvalue weighted by Crippen LogP contribution is 2.68. The molecule has 4 fully saturated rings. The Balaban J connectivity index is 2.05. The SMILES string of the molecule is CC12CC3CC(C)(C1)CC([N+](C)(C)C)(C3)C2. The van der Waals surface area contributed by atoms with Crippen LogP contribution in [0.15, 0.2) is 0 Å². The van der Waals surface area contributed by atoms with Gasteiger partial charge >= 0.3 is 0 Å². The van der Waals surface area contributed by atoms with Gasteiger partial charge in [0.1, 0.15) is 0 Å². The molecule has 1 heteroatoms. The van der Waals surface area contributed by atoms with Crippen LogP contribution in [0.3, 0.4) is 0 Å². The Morgan fingerprint density at radius 1 is 0.812 bits per heavy atom. The molecule has 0 aromatic carbocycles. The topological polar surface area (TPSA) is 0 Å². The first-order chi connectivity index (χ1) is 7.16. The maximum absolute atomic E-state index is 2.57. The summed E-state index contributed by atoms with van der Waals surface area (Å²) in [5.74, 6) is 1.03. The molecule has 0 aromatic heterocycles. The Morgan fingerprint density at radius 3 is 1.69 bits per heavy atom. The predicted octanol–water partition coefficient (Wildman–Crippen LogP) is 3.44. The molecule has 0 spiro atoms. The summed E-state index contributed by atoms with van der Waals surface area (Å²) in [5.41, 5.74) is 1.93. The zero-order valence-electron chi connectivity index (χ0n) is 11.8. The molecule has 4 bridgehead atoms. The summed E-state index contributed by atoms with van der Waals surface area (Å²) in [4.78, 5) is 0. The van der Waals surface area contributed by atoms with Crippen LogP contribution < -0.4 is 0 Å². The van der Waals surface area contributed by atoms with Gasteiger partial charge in [0.2, 0.25) is 0 Å². The second kappa shape index (κ2) is 2.68. The highest BCUT2D eigenvalue weighted by atomic mass is 15.4. The van der Waals surface area contributed by atoms with Crippen LogP contribution in [0.5, 0.6) is 0 Å². The zero-order valence-corrected chi connectivity index (χ0v) is 11.8. The zero-order chi connectivity index (χ0) is 11.8. The van der Waals surface area contributed by atoms with E-state index in [-0.39, 0.29) is 0 Å². The quantitative estimate of drug-likeness (QED) is 0.596. The summed E-state index contributed by atoms with van der Waals surface area (Å²) in [5, 5.41) is 0. The van der Waals surface area contributed by atoms with Crippen molar-refractivity contribution < 1.29 is 4.48 Å². The van der Waals surface area contributed by atoms with Gasteiger partial charge in [0.15, 0.2) is 0 Å². The van der Waals surface area contributed by atoms with Crippen molar-refractivity contribution in [2.24, 2.45) is 16.7 Å². The van der Waals surface area contributed by atoms with E-state index >= 15 is 0 Å². The van der Waals surface area contributed by atoms with Crippen LogP contribution >= 0.6 is 0 Å². The van der Waals surface area contributed by atoms with Crippen LogP contribution in [0.4, 0.5) is 0 Å². The molecule has 4 saturated carbocycles. The van der Waals surface area contributed by atoms with Crippen molar-refractivity contribution in [2.75, 3.05) is 21.1 Å². The molecule has 16 heavy (non-hydrogen) atoms. The number of hydrogen-bond donors (Lipinski definition) is 0. The van der Waals surface area contributed by atoms with Gasteiger partial charge in [-0.25, -0.2) is 0 Å². The fourth-order valence-corrected chi connectivity index (χ4v) is 6.14. The largest absolute Gasteiger partial charge is 0.326 e. The van der Waals surface area contributed by atoms with Crippen molar-refractivity contribution in [1.29, 1.82) is 0 Å². The Morgan fingerprint density at radius 2 is 1.31 bits per heavy atom. The lowest BCUT2D eigenvalue weighted by Crippen LogP contribution is -2.69. The van der Waals surface area contributed by atoms with E-state index in [0.717, 1.165) is 5.92 Å². The molecule has 0 saturated heterocycles. The Kier molecular flexibility index (Phi) is 1.86. The van der Waals surface area contributed by atoms with E-state index in [1.807, 2.05) is 0 Å². The molecule has 2 unspecified atom stereocenters. The van der Waals surface area contributed by atoms with Crippen molar-refractivity contribution >= 4 is 0 Å². The minimum Gasteiger partial charge on any atom is -0.326 e. The second-order valence-corrected chi connectivity index (χ2v) is 8.87. The molecule has 4 rings (SSSR count). The minimum atomic E-state index is 0.600. The first-order valence-corrected chi connectivity index (χ1v) is 6.97. The van der Waals surface area contributed by atoms with Gasteiger partial charge in [-0.15, -0.1) is 0 Å². The average molecular weight is 222 g/mol. The Labute approximate surface area is 101 Å². The summed E-state index contributed by atoms with van der Waals surface area (Å²) < 4.78 is 1.19. The van der Waals surface area contributed by atoms with Gasteiger partial charge in [-0.3, -0.25) is 0 Å². The van der Waals surface area contributed by atoms with E-state index in [0.29, 0.717) is 16.4 Å². The fraction of sp³-hybridized carbons (Fsp3) is 1.00. The van der Waals surface area contributed by atoms with Crippen LogP contribution in [-0.4, -0.2) is 31.2 Å². The van der Waals surface area contributed by atoms with Gasteiger partial charge in [-0.2, -0.15) is 0 Å². The number of quaternary nitrogens is 1. The van der Waals surface area contributed by atoms with Gasteiger partial charge in [-0.1, -0.05) is 13.8 Å². The highest BCUT2D eigenvalue weighted by Gasteiger charge is 2.64. The van der Waals surface area contributed by atoms with Crippen molar-refractivity contribution in [3.8, 4) is 0 Å². The summed E-state index contributed by atoms with van der Waals surface area (Å²) >= 11 is 0. The summed E-state index contributed by atoms with van der Waals surface area (Å²) in [7, 11) is 7.29. The Bertz CT molecular complexity index is 307. The molecule has 92 valence electrons. The maximum Gasteiger partial charge on any atom is 0.0999 e. The molecule has 4 aliphatic carbocycles. The number of rotatable bonds is 1. The van der Waals surface area contributed by atoms with Crippen LogP contribution in [0.25, 0.3) is 0 Å². The van der Waals surface area contributed by atoms with E-state index in [1.165, 1.54) is 43.0 Å². The van der Waals surface area contributed by atoms with Gasteiger partial charge in [0.05, 0.1) is 26.7 Å². The lowest BCUT2D eigenvalue weighted by atomic mass is 9.42. The molecule has 2 atom stereocenters. The first kappa shape index (κ1) is 11.1.